The van der Waals surface area contributed by atoms with E-state index in [1.165, 1.54) is 0 Å². The number of nitrogens with one attached hydrogen (secondary N) is 1. The number of nitrogens with zero attached hydrogens (tertiary/aromatic N) is 1. The van der Waals surface area contributed by atoms with E-state index in [0.29, 0.717) is 26.2 Å². The van der Waals surface area contributed by atoms with Gasteiger partial charge in [-0.05, 0) is 19.4 Å². The molecule has 0 unspecified atom stereocenters. The van der Waals surface area contributed by atoms with Crippen molar-refractivity contribution in [3.05, 3.63) is 39.4 Å². The number of rotatable bonds is 8. The molecule has 0 aromatic heterocycles. The van der Waals surface area contributed by atoms with Gasteiger partial charge in [-0.25, -0.2) is 4.79 Å². The number of carbonyl (C=O) groups is 2. The summed E-state index contributed by atoms with van der Waals surface area (Å²) >= 11 is 0. The van der Waals surface area contributed by atoms with E-state index in [4.69, 9.17) is 9.84 Å². The minimum atomic E-state index is -1.33. The number of non-ortho nitro benzene ring substituents is 1. The minimum absolute atomic E-state index is 0.0574. The Morgan fingerprint density at radius 3 is 2.57 bits per heavy atom. The predicted molar refractivity (Wildman–Crippen MR) is 73.5 cm³/mol. The van der Waals surface area contributed by atoms with Crippen molar-refractivity contribution in [1.29, 1.82) is 0 Å². The summed E-state index contributed by atoms with van der Waals surface area (Å²) < 4.78 is 5.10. The first-order valence-corrected chi connectivity index (χ1v) is 6.34. The summed E-state index contributed by atoms with van der Waals surface area (Å²) in [4.78, 5) is 32.8. The average molecular weight is 296 g/mol. The summed E-state index contributed by atoms with van der Waals surface area (Å²) in [5.74, 6) is -1.89. The monoisotopic (exact) mass is 296 g/mol. The summed E-state index contributed by atoms with van der Waals surface area (Å²) in [6.07, 6.45) is 0.598. The van der Waals surface area contributed by atoms with Gasteiger partial charge in [0.2, 0.25) is 0 Å². The maximum atomic E-state index is 11.9. The largest absolute Gasteiger partial charge is 0.478 e. The van der Waals surface area contributed by atoms with Crippen LogP contribution >= 0.6 is 0 Å². The van der Waals surface area contributed by atoms with Crippen molar-refractivity contribution in [2.75, 3.05) is 19.8 Å². The van der Waals surface area contributed by atoms with Crippen molar-refractivity contribution >= 4 is 17.6 Å². The molecule has 1 amide bonds. The van der Waals surface area contributed by atoms with Gasteiger partial charge < -0.3 is 15.2 Å². The second-order valence-corrected chi connectivity index (χ2v) is 4.14. The standard InChI is InChI=1S/C13H16N2O6/c1-2-21-5-3-4-14-12(16)9-6-10(13(17)18)8-11(7-9)15(19)20/h6-8H,2-5H2,1H3,(H,14,16)(H,17,18). The van der Waals surface area contributed by atoms with Gasteiger partial charge in [0.25, 0.3) is 11.6 Å². The molecule has 8 nitrogen and oxygen atoms in total. The summed E-state index contributed by atoms with van der Waals surface area (Å²) in [6, 6.07) is 3.06. The number of nitro benzene ring substituents is 1. The molecule has 114 valence electrons. The predicted octanol–water partition coefficient (Wildman–Crippen LogP) is 1.45. The number of benzene rings is 1. The van der Waals surface area contributed by atoms with E-state index in [9.17, 15) is 19.7 Å². The number of amides is 1. The van der Waals surface area contributed by atoms with Gasteiger partial charge in [-0.2, -0.15) is 0 Å². The first-order valence-electron chi connectivity index (χ1n) is 6.34. The van der Waals surface area contributed by atoms with Crippen LogP contribution in [0.25, 0.3) is 0 Å². The lowest BCUT2D eigenvalue weighted by Gasteiger charge is -2.06. The maximum Gasteiger partial charge on any atom is 0.335 e. The zero-order valence-corrected chi connectivity index (χ0v) is 11.5. The molecule has 0 heterocycles. The van der Waals surface area contributed by atoms with E-state index in [1.54, 1.807) is 0 Å². The van der Waals surface area contributed by atoms with Crippen molar-refractivity contribution in [1.82, 2.24) is 5.32 Å². The number of hydrogen-bond acceptors (Lipinski definition) is 5. The van der Waals surface area contributed by atoms with Gasteiger partial charge in [0.05, 0.1) is 10.5 Å². The SMILES string of the molecule is CCOCCCNC(=O)c1cc(C(=O)O)cc([N+](=O)[O-])c1. The molecule has 0 aliphatic carbocycles. The van der Waals surface area contributed by atoms with Crippen molar-refractivity contribution in [3.8, 4) is 0 Å². The maximum absolute atomic E-state index is 11.9. The van der Waals surface area contributed by atoms with Crippen LogP contribution in [0.3, 0.4) is 0 Å². The molecule has 1 aromatic carbocycles. The van der Waals surface area contributed by atoms with Crippen LogP contribution in [-0.4, -0.2) is 41.7 Å². The smallest absolute Gasteiger partial charge is 0.335 e. The van der Waals surface area contributed by atoms with Crippen molar-refractivity contribution in [2.24, 2.45) is 0 Å². The normalized spacial score (nSPS) is 10.1. The third kappa shape index (κ3) is 5.19. The molecule has 1 aromatic rings. The number of carboxylic acids is 1. The lowest BCUT2D eigenvalue weighted by Crippen LogP contribution is -2.25. The Morgan fingerprint density at radius 2 is 2.00 bits per heavy atom. The molecular weight excluding hydrogens is 280 g/mol. The Bertz CT molecular complexity index is 511. The van der Waals surface area contributed by atoms with Gasteiger partial charge in [0.1, 0.15) is 0 Å². The van der Waals surface area contributed by atoms with Gasteiger partial charge >= 0.3 is 5.97 Å². The molecule has 21 heavy (non-hydrogen) atoms. The molecule has 1 rings (SSSR count). The van der Waals surface area contributed by atoms with Crippen LogP contribution in [0.4, 0.5) is 5.69 Å². The number of ether oxygens (including phenoxy) is 1. The molecule has 0 spiro atoms. The highest BCUT2D eigenvalue weighted by Crippen LogP contribution is 2.17. The van der Waals surface area contributed by atoms with E-state index < -0.39 is 22.5 Å². The highest BCUT2D eigenvalue weighted by atomic mass is 16.6. The average Bonchev–Trinajstić information content (AvgIpc) is 2.46. The van der Waals surface area contributed by atoms with Crippen LogP contribution in [0.15, 0.2) is 18.2 Å². The van der Waals surface area contributed by atoms with Crippen LogP contribution in [0.1, 0.15) is 34.1 Å². The van der Waals surface area contributed by atoms with E-state index in [-0.39, 0.29) is 11.1 Å². The molecule has 0 atom stereocenters. The number of hydrogen-bond donors (Lipinski definition) is 2. The quantitative estimate of drug-likeness (QED) is 0.425. The molecule has 0 aliphatic rings. The molecule has 0 radical (unpaired) electrons. The van der Waals surface area contributed by atoms with Gasteiger partial charge in [-0.15, -0.1) is 0 Å². The van der Waals surface area contributed by atoms with E-state index in [1.807, 2.05) is 6.92 Å². The van der Waals surface area contributed by atoms with Gasteiger partial charge in [0.15, 0.2) is 0 Å². The fourth-order valence-electron chi connectivity index (χ4n) is 1.59. The Balaban J connectivity index is 2.78. The summed E-state index contributed by atoms with van der Waals surface area (Å²) in [5.41, 5.74) is -0.795. The third-order valence-electron chi connectivity index (χ3n) is 2.59. The van der Waals surface area contributed by atoms with Crippen LogP contribution < -0.4 is 5.32 Å². The van der Waals surface area contributed by atoms with Gasteiger partial charge in [-0.3, -0.25) is 14.9 Å². The lowest BCUT2D eigenvalue weighted by atomic mass is 10.1. The lowest BCUT2D eigenvalue weighted by molar-refractivity contribution is -0.384. The van der Waals surface area contributed by atoms with E-state index in [2.05, 4.69) is 5.32 Å². The molecule has 0 aliphatic heterocycles. The fraction of sp³-hybridized carbons (Fsp3) is 0.385. The summed E-state index contributed by atoms with van der Waals surface area (Å²) in [5, 5.41) is 22.2. The third-order valence-corrected chi connectivity index (χ3v) is 2.59. The fourth-order valence-corrected chi connectivity index (χ4v) is 1.59. The Morgan fingerprint density at radius 1 is 1.33 bits per heavy atom. The summed E-state index contributed by atoms with van der Waals surface area (Å²) in [7, 11) is 0. The Labute approximate surface area is 120 Å². The number of carbonyl (C=O) groups excluding carboxylic acids is 1. The Hall–Kier alpha value is -2.48. The number of aromatic carboxylic acids is 1. The van der Waals surface area contributed by atoms with Crippen LogP contribution in [0.5, 0.6) is 0 Å². The van der Waals surface area contributed by atoms with Crippen LogP contribution in [-0.2, 0) is 4.74 Å². The minimum Gasteiger partial charge on any atom is -0.478 e. The number of nitro groups is 1. The highest BCUT2D eigenvalue weighted by Gasteiger charge is 2.17. The van der Waals surface area contributed by atoms with E-state index in [0.717, 1.165) is 18.2 Å². The van der Waals surface area contributed by atoms with E-state index >= 15 is 0 Å². The van der Waals surface area contributed by atoms with Crippen LogP contribution in [0, 0.1) is 10.1 Å². The number of carboxylic acid groups (broad SMARTS) is 1. The first-order chi connectivity index (χ1) is 9.95. The molecule has 0 saturated carbocycles. The second kappa shape index (κ2) is 7.95. The first kappa shape index (κ1) is 16.6. The molecule has 8 heteroatoms. The van der Waals surface area contributed by atoms with Crippen molar-refractivity contribution in [2.45, 2.75) is 13.3 Å². The zero-order valence-electron chi connectivity index (χ0n) is 11.5. The van der Waals surface area contributed by atoms with Crippen molar-refractivity contribution < 1.29 is 24.4 Å². The summed E-state index contributed by atoms with van der Waals surface area (Å²) in [6.45, 7) is 3.27. The highest BCUT2D eigenvalue weighted by molar-refractivity contribution is 5.98. The van der Waals surface area contributed by atoms with Crippen LogP contribution in [0.2, 0.25) is 0 Å². The molecule has 2 N–H and O–H groups in total. The molecule has 0 saturated heterocycles. The van der Waals surface area contributed by atoms with Gasteiger partial charge in [-0.1, -0.05) is 0 Å². The molecular formula is C13H16N2O6. The zero-order chi connectivity index (χ0) is 15.8. The topological polar surface area (TPSA) is 119 Å². The van der Waals surface area contributed by atoms with Gasteiger partial charge in [0, 0.05) is 37.5 Å². The van der Waals surface area contributed by atoms with Crippen molar-refractivity contribution in [3.63, 3.8) is 0 Å². The Kier molecular flexibility index (Phi) is 6.28. The second-order valence-electron chi connectivity index (χ2n) is 4.14. The molecule has 0 bridgehead atoms. The molecule has 0 fully saturated rings.